The molecular formula is C15H15ClN4O2. The van der Waals surface area contributed by atoms with Gasteiger partial charge in [-0.05, 0) is 36.4 Å². The average molecular weight is 319 g/mol. The second-order valence-corrected chi connectivity index (χ2v) is 4.76. The van der Waals surface area contributed by atoms with Crippen molar-refractivity contribution >= 4 is 34.7 Å². The molecule has 0 aliphatic heterocycles. The van der Waals surface area contributed by atoms with Gasteiger partial charge in [-0.2, -0.15) is 5.10 Å². The Morgan fingerprint density at radius 3 is 2.36 bits per heavy atom. The predicted molar refractivity (Wildman–Crippen MR) is 88.2 cm³/mol. The van der Waals surface area contributed by atoms with Gasteiger partial charge in [0.25, 0.3) is 0 Å². The minimum atomic E-state index is -1.10. The third-order valence-electron chi connectivity index (χ3n) is 2.67. The number of nitrogens with zero attached hydrogens (tertiary/aromatic N) is 1. The van der Waals surface area contributed by atoms with E-state index < -0.39 is 5.97 Å². The molecule has 0 bridgehead atoms. The molecule has 2 aromatic rings. The Kier molecular flexibility index (Phi) is 5.76. The first kappa shape index (κ1) is 15.8. The number of carbonyl (C=O) groups is 1. The first-order valence-corrected chi connectivity index (χ1v) is 6.88. The van der Waals surface area contributed by atoms with Crippen LogP contribution in [0.25, 0.3) is 0 Å². The lowest BCUT2D eigenvalue weighted by Gasteiger charge is -2.09. The molecule has 0 saturated carbocycles. The van der Waals surface area contributed by atoms with Crippen molar-refractivity contribution in [2.24, 2.45) is 5.10 Å². The van der Waals surface area contributed by atoms with Crippen LogP contribution >= 0.6 is 11.6 Å². The highest BCUT2D eigenvalue weighted by Gasteiger charge is 2.09. The average Bonchev–Trinajstić information content (AvgIpc) is 2.53. The van der Waals surface area contributed by atoms with Crippen LogP contribution in [0.4, 0.5) is 11.4 Å². The van der Waals surface area contributed by atoms with E-state index in [0.717, 1.165) is 5.69 Å². The number of hydrazine groups is 1. The van der Waals surface area contributed by atoms with Gasteiger partial charge < -0.3 is 10.5 Å². The normalized spacial score (nSPS) is 11.0. The number of carboxylic acids is 1. The number of aliphatic carboxylic acids is 1. The summed E-state index contributed by atoms with van der Waals surface area (Å²) in [6, 6.07) is 16.1. The number of hydrazone groups is 1. The molecule has 0 amide bonds. The second kappa shape index (κ2) is 8.02. The lowest BCUT2D eigenvalue weighted by molar-refractivity contribution is -0.129. The van der Waals surface area contributed by atoms with Gasteiger partial charge >= 0.3 is 5.97 Å². The summed E-state index contributed by atoms with van der Waals surface area (Å²) < 4.78 is 0. The van der Waals surface area contributed by atoms with Crippen LogP contribution in [0.5, 0.6) is 0 Å². The molecule has 2 rings (SSSR count). The molecule has 6 nitrogen and oxygen atoms in total. The Morgan fingerprint density at radius 2 is 1.73 bits per heavy atom. The topological polar surface area (TPSA) is 85.8 Å². The molecular weight excluding hydrogens is 304 g/mol. The maximum Gasteiger partial charge on any atom is 0.353 e. The Labute approximate surface area is 132 Å². The lowest BCUT2D eigenvalue weighted by atomic mass is 10.3. The zero-order valence-corrected chi connectivity index (χ0v) is 12.3. The zero-order valence-electron chi connectivity index (χ0n) is 11.6. The highest BCUT2D eigenvalue weighted by molar-refractivity contribution is 6.36. The van der Waals surface area contributed by atoms with Crippen molar-refractivity contribution in [3.05, 3.63) is 59.6 Å². The van der Waals surface area contributed by atoms with Crippen molar-refractivity contribution in [1.82, 2.24) is 5.43 Å². The van der Waals surface area contributed by atoms with E-state index in [2.05, 4.69) is 21.4 Å². The fraction of sp³-hybridized carbons (Fsp3) is 0.0667. The molecule has 114 valence electrons. The number of nitrogens with one attached hydrogen (secondary N) is 3. The van der Waals surface area contributed by atoms with Gasteiger partial charge in [-0.1, -0.05) is 29.8 Å². The predicted octanol–water partition coefficient (Wildman–Crippen LogP) is 2.81. The van der Waals surface area contributed by atoms with E-state index in [1.54, 1.807) is 36.4 Å². The van der Waals surface area contributed by atoms with Crippen molar-refractivity contribution in [3.8, 4) is 0 Å². The van der Waals surface area contributed by atoms with E-state index in [1.165, 1.54) is 0 Å². The first-order chi connectivity index (χ1) is 10.6. The highest BCUT2D eigenvalue weighted by atomic mass is 35.5. The van der Waals surface area contributed by atoms with Gasteiger partial charge in [0.1, 0.15) is 0 Å². The van der Waals surface area contributed by atoms with Crippen molar-refractivity contribution in [1.29, 1.82) is 0 Å². The van der Waals surface area contributed by atoms with Crippen molar-refractivity contribution in [2.45, 2.75) is 0 Å². The van der Waals surface area contributed by atoms with Gasteiger partial charge in [0.05, 0.1) is 12.2 Å². The van der Waals surface area contributed by atoms with E-state index in [4.69, 9.17) is 16.7 Å². The number of hydrogen-bond donors (Lipinski definition) is 4. The number of carboxylic acid groups (broad SMARTS) is 1. The standard InChI is InChI=1S/C15H15ClN4O2/c16-11-6-8-13(9-7-11)18-17-10-14(15(21)22)20-19-12-4-2-1-3-5-12/h1-9,17-19H,10H2,(H,21,22). The number of para-hydroxylation sites is 1. The Morgan fingerprint density at radius 1 is 1.05 bits per heavy atom. The summed E-state index contributed by atoms with van der Waals surface area (Å²) in [6.45, 7) is 0.0395. The van der Waals surface area contributed by atoms with E-state index in [0.29, 0.717) is 10.7 Å². The SMILES string of the molecule is O=C(O)C(CNNc1ccc(Cl)cc1)=NNc1ccccc1. The molecule has 0 aromatic heterocycles. The summed E-state index contributed by atoms with van der Waals surface area (Å²) >= 11 is 5.78. The molecule has 0 fully saturated rings. The van der Waals surface area contributed by atoms with Crippen LogP contribution in [0.1, 0.15) is 0 Å². The third-order valence-corrected chi connectivity index (χ3v) is 2.93. The summed E-state index contributed by atoms with van der Waals surface area (Å²) in [5.74, 6) is -1.10. The molecule has 0 aliphatic rings. The zero-order chi connectivity index (χ0) is 15.8. The van der Waals surface area contributed by atoms with Gasteiger partial charge in [0, 0.05) is 10.7 Å². The minimum Gasteiger partial charge on any atom is -0.477 e. The number of rotatable bonds is 7. The molecule has 4 N–H and O–H groups in total. The van der Waals surface area contributed by atoms with Crippen molar-refractivity contribution in [2.75, 3.05) is 17.4 Å². The molecule has 0 saturated heterocycles. The van der Waals surface area contributed by atoms with Crippen LogP contribution < -0.4 is 16.3 Å². The minimum absolute atomic E-state index is 0.0395. The molecule has 0 aliphatic carbocycles. The fourth-order valence-corrected chi connectivity index (χ4v) is 1.70. The summed E-state index contributed by atoms with van der Waals surface area (Å²) in [6.07, 6.45) is 0. The largest absolute Gasteiger partial charge is 0.477 e. The maximum absolute atomic E-state index is 11.2. The van der Waals surface area contributed by atoms with Gasteiger partial charge in [-0.15, -0.1) is 0 Å². The molecule has 0 heterocycles. The van der Waals surface area contributed by atoms with Gasteiger partial charge in [0.2, 0.25) is 0 Å². The van der Waals surface area contributed by atoms with Crippen LogP contribution in [0.3, 0.4) is 0 Å². The van der Waals surface area contributed by atoms with Gasteiger partial charge in [-0.3, -0.25) is 5.43 Å². The fourth-order valence-electron chi connectivity index (χ4n) is 1.57. The molecule has 0 radical (unpaired) electrons. The summed E-state index contributed by atoms with van der Waals surface area (Å²) in [5, 5.41) is 13.6. The molecule has 22 heavy (non-hydrogen) atoms. The monoisotopic (exact) mass is 318 g/mol. The van der Waals surface area contributed by atoms with E-state index in [-0.39, 0.29) is 12.3 Å². The number of benzene rings is 2. The summed E-state index contributed by atoms with van der Waals surface area (Å²) in [4.78, 5) is 11.2. The number of halogens is 1. The Hall–Kier alpha value is -2.57. The van der Waals surface area contributed by atoms with E-state index in [9.17, 15) is 4.79 Å². The van der Waals surface area contributed by atoms with Crippen LogP contribution in [0.2, 0.25) is 5.02 Å². The third kappa shape index (κ3) is 5.08. The Bertz CT molecular complexity index is 644. The number of hydrogen-bond acceptors (Lipinski definition) is 5. The summed E-state index contributed by atoms with van der Waals surface area (Å²) in [5.41, 5.74) is 9.81. The summed E-state index contributed by atoms with van der Waals surface area (Å²) in [7, 11) is 0. The van der Waals surface area contributed by atoms with E-state index in [1.807, 2.05) is 18.2 Å². The molecule has 0 atom stereocenters. The van der Waals surface area contributed by atoms with E-state index >= 15 is 0 Å². The van der Waals surface area contributed by atoms with Crippen molar-refractivity contribution < 1.29 is 9.90 Å². The Balaban J connectivity index is 1.89. The molecule has 0 unspecified atom stereocenters. The van der Waals surface area contributed by atoms with Gasteiger partial charge in [-0.25, -0.2) is 10.2 Å². The number of anilines is 2. The first-order valence-electron chi connectivity index (χ1n) is 6.50. The van der Waals surface area contributed by atoms with Crippen LogP contribution in [-0.2, 0) is 4.79 Å². The molecule has 2 aromatic carbocycles. The van der Waals surface area contributed by atoms with Crippen LogP contribution in [-0.4, -0.2) is 23.3 Å². The second-order valence-electron chi connectivity index (χ2n) is 4.33. The highest BCUT2D eigenvalue weighted by Crippen LogP contribution is 2.12. The molecule has 0 spiro atoms. The van der Waals surface area contributed by atoms with Crippen LogP contribution in [0.15, 0.2) is 59.7 Å². The van der Waals surface area contributed by atoms with Crippen LogP contribution in [0, 0.1) is 0 Å². The quantitative estimate of drug-likeness (QED) is 0.466. The van der Waals surface area contributed by atoms with Crippen molar-refractivity contribution in [3.63, 3.8) is 0 Å². The maximum atomic E-state index is 11.2. The smallest absolute Gasteiger partial charge is 0.353 e. The molecule has 7 heteroatoms. The van der Waals surface area contributed by atoms with Gasteiger partial charge in [0.15, 0.2) is 5.71 Å². The lowest BCUT2D eigenvalue weighted by Crippen LogP contribution is -2.33.